The molecule has 1 aliphatic rings. The first-order valence-electron chi connectivity index (χ1n) is 10.4. The third-order valence-electron chi connectivity index (χ3n) is 5.03. The van der Waals surface area contributed by atoms with Gasteiger partial charge in [0.1, 0.15) is 12.1 Å². The average Bonchev–Trinajstić information content (AvgIpc) is 3.30. The Kier molecular flexibility index (Phi) is 9.61. The molecule has 0 saturated carbocycles. The molecule has 3 atom stereocenters. The lowest BCUT2D eigenvalue weighted by molar-refractivity contribution is -0.141. The predicted molar refractivity (Wildman–Crippen MR) is 114 cm³/mol. The van der Waals surface area contributed by atoms with Crippen LogP contribution in [0.4, 0.5) is 0 Å². The van der Waals surface area contributed by atoms with Gasteiger partial charge in [-0.3, -0.25) is 19.2 Å². The van der Waals surface area contributed by atoms with E-state index < -0.39 is 48.4 Å². The van der Waals surface area contributed by atoms with Gasteiger partial charge in [0.2, 0.25) is 23.6 Å². The Morgan fingerprint density at radius 1 is 1.09 bits per heavy atom. The number of hydrogen-bond acceptors (Lipinski definition) is 6. The number of aliphatic carboxylic acids is 1. The van der Waals surface area contributed by atoms with Gasteiger partial charge in [0.25, 0.3) is 0 Å². The van der Waals surface area contributed by atoms with Crippen molar-refractivity contribution < 1.29 is 29.1 Å². The fourth-order valence-electron chi connectivity index (χ4n) is 3.32. The highest BCUT2D eigenvalue weighted by atomic mass is 16.4. The summed E-state index contributed by atoms with van der Waals surface area (Å²) in [6.45, 7) is 0.214. The number of carboxylic acids is 1. The van der Waals surface area contributed by atoms with Crippen molar-refractivity contribution in [1.29, 1.82) is 0 Å². The molecule has 0 radical (unpaired) electrons. The van der Waals surface area contributed by atoms with E-state index in [1.807, 2.05) is 0 Å². The van der Waals surface area contributed by atoms with Crippen molar-refractivity contribution in [3.05, 3.63) is 35.9 Å². The Labute approximate surface area is 185 Å². The van der Waals surface area contributed by atoms with E-state index in [1.54, 1.807) is 30.3 Å². The molecule has 174 valence electrons. The van der Waals surface area contributed by atoms with Gasteiger partial charge in [-0.1, -0.05) is 30.3 Å². The van der Waals surface area contributed by atoms with Crippen molar-refractivity contribution >= 4 is 29.6 Å². The van der Waals surface area contributed by atoms with Gasteiger partial charge >= 0.3 is 5.97 Å². The molecule has 3 unspecified atom stereocenters. The van der Waals surface area contributed by atoms with Crippen LogP contribution in [0.5, 0.6) is 0 Å². The highest BCUT2D eigenvalue weighted by Crippen LogP contribution is 2.07. The summed E-state index contributed by atoms with van der Waals surface area (Å²) in [5, 5.41) is 19.7. The minimum atomic E-state index is -1.20. The molecule has 1 aromatic carbocycles. The van der Waals surface area contributed by atoms with Gasteiger partial charge in [-0.05, 0) is 31.4 Å². The highest BCUT2D eigenvalue weighted by molar-refractivity contribution is 5.93. The molecule has 1 aromatic rings. The van der Waals surface area contributed by atoms with Crippen molar-refractivity contribution in [2.45, 2.75) is 50.2 Å². The first-order valence-corrected chi connectivity index (χ1v) is 10.4. The molecule has 1 fully saturated rings. The molecular weight excluding hydrogens is 418 g/mol. The maximum atomic E-state index is 12.5. The Balaban J connectivity index is 1.89. The maximum absolute atomic E-state index is 12.5. The summed E-state index contributed by atoms with van der Waals surface area (Å²) >= 11 is 0. The zero-order valence-electron chi connectivity index (χ0n) is 17.6. The Morgan fingerprint density at radius 3 is 2.41 bits per heavy atom. The third kappa shape index (κ3) is 8.34. The van der Waals surface area contributed by atoms with Gasteiger partial charge in [-0.25, -0.2) is 4.79 Å². The number of amides is 4. The molecule has 1 saturated heterocycles. The molecule has 0 spiro atoms. The maximum Gasteiger partial charge on any atom is 0.326 e. The first kappa shape index (κ1) is 24.8. The second-order valence-electron chi connectivity index (χ2n) is 7.58. The van der Waals surface area contributed by atoms with Crippen molar-refractivity contribution in [2.24, 2.45) is 5.73 Å². The quantitative estimate of drug-likeness (QED) is 0.224. The van der Waals surface area contributed by atoms with E-state index >= 15 is 0 Å². The summed E-state index contributed by atoms with van der Waals surface area (Å²) in [5.41, 5.74) is 5.88. The molecule has 0 aliphatic carbocycles. The summed E-state index contributed by atoms with van der Waals surface area (Å²) in [7, 11) is 0. The van der Waals surface area contributed by atoms with Crippen molar-refractivity contribution in [3.8, 4) is 0 Å². The van der Waals surface area contributed by atoms with Crippen LogP contribution in [-0.2, 0) is 30.4 Å². The first-order chi connectivity index (χ1) is 15.3. The second kappa shape index (κ2) is 12.4. The van der Waals surface area contributed by atoms with Crippen molar-refractivity contribution in [1.82, 2.24) is 21.3 Å². The molecule has 7 N–H and O–H groups in total. The van der Waals surface area contributed by atoms with E-state index in [2.05, 4.69) is 21.3 Å². The van der Waals surface area contributed by atoms with E-state index in [0.29, 0.717) is 13.0 Å². The number of primary amides is 1. The lowest BCUT2D eigenvalue weighted by Crippen LogP contribution is -2.53. The van der Waals surface area contributed by atoms with Gasteiger partial charge in [0, 0.05) is 12.8 Å². The van der Waals surface area contributed by atoms with Gasteiger partial charge < -0.3 is 32.1 Å². The smallest absolute Gasteiger partial charge is 0.326 e. The van der Waals surface area contributed by atoms with Crippen LogP contribution in [0, 0.1) is 0 Å². The molecule has 0 bridgehead atoms. The van der Waals surface area contributed by atoms with Gasteiger partial charge in [0.15, 0.2) is 0 Å². The molecular formula is C21H29N5O6. The fraction of sp³-hybridized carbons (Fsp3) is 0.476. The normalized spacial score (nSPS) is 17.1. The van der Waals surface area contributed by atoms with Gasteiger partial charge in [-0.15, -0.1) is 0 Å². The lowest BCUT2D eigenvalue weighted by atomic mass is 10.1. The average molecular weight is 447 g/mol. The van der Waals surface area contributed by atoms with E-state index in [9.17, 15) is 29.1 Å². The van der Waals surface area contributed by atoms with Crippen LogP contribution < -0.4 is 27.0 Å². The molecule has 1 heterocycles. The summed E-state index contributed by atoms with van der Waals surface area (Å²) in [4.78, 5) is 59.7. The van der Waals surface area contributed by atoms with E-state index in [-0.39, 0.29) is 25.2 Å². The SMILES string of the molecule is NC(=O)CCC(NC(=O)C1CCCN1)C(=O)NCC(=O)NC(Cc1ccccc1)C(=O)O. The van der Waals surface area contributed by atoms with E-state index in [0.717, 1.165) is 12.0 Å². The Hall–Kier alpha value is -3.47. The van der Waals surface area contributed by atoms with Crippen LogP contribution in [0.2, 0.25) is 0 Å². The standard InChI is InChI=1S/C21H29N5O6/c22-17(27)9-8-15(26-20(30)14-7-4-10-23-14)19(29)24-12-18(28)25-16(21(31)32)11-13-5-2-1-3-6-13/h1-3,5-6,14-16,23H,4,7-12H2,(H2,22,27)(H,24,29)(H,25,28)(H,26,30)(H,31,32). The number of carbonyl (C=O) groups is 5. The van der Waals surface area contributed by atoms with Crippen molar-refractivity contribution in [2.75, 3.05) is 13.1 Å². The van der Waals surface area contributed by atoms with E-state index in [1.165, 1.54) is 0 Å². The van der Waals surface area contributed by atoms with Crippen LogP contribution in [0.1, 0.15) is 31.2 Å². The molecule has 32 heavy (non-hydrogen) atoms. The fourth-order valence-corrected chi connectivity index (χ4v) is 3.32. The second-order valence-corrected chi connectivity index (χ2v) is 7.58. The summed E-state index contributed by atoms with van der Waals surface area (Å²) < 4.78 is 0. The monoisotopic (exact) mass is 447 g/mol. The largest absolute Gasteiger partial charge is 0.480 e. The van der Waals surface area contributed by atoms with Crippen LogP contribution in [0.15, 0.2) is 30.3 Å². The molecule has 0 aromatic heterocycles. The van der Waals surface area contributed by atoms with Crippen LogP contribution in [-0.4, -0.2) is 65.9 Å². The molecule has 11 heteroatoms. The Morgan fingerprint density at radius 2 is 1.81 bits per heavy atom. The van der Waals surface area contributed by atoms with Crippen LogP contribution >= 0.6 is 0 Å². The van der Waals surface area contributed by atoms with Crippen LogP contribution in [0.25, 0.3) is 0 Å². The number of nitrogens with two attached hydrogens (primary N) is 1. The molecule has 11 nitrogen and oxygen atoms in total. The van der Waals surface area contributed by atoms with Crippen LogP contribution in [0.3, 0.4) is 0 Å². The minimum Gasteiger partial charge on any atom is -0.480 e. The summed E-state index contributed by atoms with van der Waals surface area (Å²) in [5.74, 6) is -3.56. The highest BCUT2D eigenvalue weighted by Gasteiger charge is 2.28. The van der Waals surface area contributed by atoms with Gasteiger partial charge in [0.05, 0.1) is 12.6 Å². The number of nitrogens with one attached hydrogen (secondary N) is 4. The lowest BCUT2D eigenvalue weighted by Gasteiger charge is -2.20. The van der Waals surface area contributed by atoms with Crippen molar-refractivity contribution in [3.63, 3.8) is 0 Å². The zero-order valence-corrected chi connectivity index (χ0v) is 17.6. The van der Waals surface area contributed by atoms with E-state index in [4.69, 9.17) is 5.73 Å². The van der Waals surface area contributed by atoms with Gasteiger partial charge in [-0.2, -0.15) is 0 Å². The number of benzene rings is 1. The number of carboxylic acid groups (broad SMARTS) is 1. The summed E-state index contributed by atoms with van der Waals surface area (Å²) in [6.07, 6.45) is 1.41. The topological polar surface area (TPSA) is 180 Å². The number of hydrogen-bond donors (Lipinski definition) is 6. The predicted octanol–water partition coefficient (Wildman–Crippen LogP) is -1.58. The zero-order chi connectivity index (χ0) is 23.5. The number of carbonyl (C=O) groups excluding carboxylic acids is 4. The minimum absolute atomic E-state index is 0.0208. The summed E-state index contributed by atoms with van der Waals surface area (Å²) in [6, 6.07) is 6.17. The molecule has 1 aliphatic heterocycles. The molecule has 4 amide bonds. The third-order valence-corrected chi connectivity index (χ3v) is 5.03. The number of rotatable bonds is 12. The molecule has 2 rings (SSSR count). The Bertz CT molecular complexity index is 825.